The van der Waals surface area contributed by atoms with Gasteiger partial charge in [0.05, 0.1) is 6.10 Å². The summed E-state index contributed by atoms with van der Waals surface area (Å²) in [6.45, 7) is 2.37. The van der Waals surface area contributed by atoms with Crippen LogP contribution < -0.4 is 4.74 Å². The number of aliphatic hydroxyl groups excluding tert-OH is 1. The molecule has 1 saturated carbocycles. The molecule has 16 heavy (non-hydrogen) atoms. The molecule has 0 bridgehead atoms. The van der Waals surface area contributed by atoms with Crippen molar-refractivity contribution in [1.29, 1.82) is 0 Å². The fourth-order valence-corrected chi connectivity index (χ4v) is 1.79. The maximum Gasteiger partial charge on any atom is 0.165 e. The van der Waals surface area contributed by atoms with Gasteiger partial charge in [0.15, 0.2) is 11.6 Å². The molecule has 0 heterocycles. The second kappa shape index (κ2) is 4.80. The highest BCUT2D eigenvalue weighted by atomic mass is 19.1. The van der Waals surface area contributed by atoms with Gasteiger partial charge in [-0.3, -0.25) is 0 Å². The van der Waals surface area contributed by atoms with Crippen LogP contribution in [0.2, 0.25) is 0 Å². The molecule has 4 heteroatoms. The molecule has 88 valence electrons. The Bertz CT molecular complexity index is 356. The Morgan fingerprint density at radius 1 is 1.44 bits per heavy atom. The van der Waals surface area contributed by atoms with E-state index in [2.05, 4.69) is 0 Å². The van der Waals surface area contributed by atoms with Crippen LogP contribution >= 0.6 is 0 Å². The van der Waals surface area contributed by atoms with E-state index in [1.54, 1.807) is 18.2 Å². The molecule has 3 nitrogen and oxygen atoms in total. The topological polar surface area (TPSA) is 38.7 Å². The van der Waals surface area contributed by atoms with Crippen molar-refractivity contribution in [3.63, 3.8) is 0 Å². The molecule has 1 aromatic carbocycles. The lowest BCUT2D eigenvalue weighted by molar-refractivity contribution is -0.161. The van der Waals surface area contributed by atoms with Crippen LogP contribution in [0.5, 0.6) is 5.75 Å². The van der Waals surface area contributed by atoms with E-state index in [0.29, 0.717) is 13.0 Å². The second-order valence-corrected chi connectivity index (χ2v) is 3.81. The monoisotopic (exact) mass is 226 g/mol. The van der Waals surface area contributed by atoms with E-state index in [4.69, 9.17) is 9.47 Å². The Labute approximate surface area is 93.8 Å². The number of halogens is 1. The fraction of sp³-hybridized carbons (Fsp3) is 0.500. The molecule has 0 spiro atoms. The highest BCUT2D eigenvalue weighted by Gasteiger charge is 2.42. The summed E-state index contributed by atoms with van der Waals surface area (Å²) in [5.74, 6) is -0.178. The lowest BCUT2D eigenvalue weighted by atomic mass is 9.88. The van der Waals surface area contributed by atoms with Crippen molar-refractivity contribution in [3.05, 3.63) is 30.1 Å². The predicted octanol–water partition coefficient (Wildman–Crippen LogP) is 1.74. The van der Waals surface area contributed by atoms with Crippen molar-refractivity contribution < 1.29 is 19.0 Å². The lowest BCUT2D eigenvalue weighted by Crippen LogP contribution is -2.55. The molecule has 0 amide bonds. The number of para-hydroxylation sites is 1. The molecule has 1 aliphatic carbocycles. The quantitative estimate of drug-likeness (QED) is 0.850. The molecule has 1 fully saturated rings. The Morgan fingerprint density at radius 2 is 2.19 bits per heavy atom. The van der Waals surface area contributed by atoms with Gasteiger partial charge in [0.2, 0.25) is 0 Å². The maximum absolute atomic E-state index is 13.3. The fourth-order valence-electron chi connectivity index (χ4n) is 1.79. The van der Waals surface area contributed by atoms with E-state index in [1.165, 1.54) is 6.07 Å². The van der Waals surface area contributed by atoms with Gasteiger partial charge < -0.3 is 14.6 Å². The molecular weight excluding hydrogens is 211 g/mol. The third kappa shape index (κ3) is 2.18. The van der Waals surface area contributed by atoms with Gasteiger partial charge in [-0.2, -0.15) is 0 Å². The number of hydrogen-bond donors (Lipinski definition) is 1. The average molecular weight is 226 g/mol. The standard InChI is InChI=1S/C12H15FO3/c1-2-15-12-9(14)7-11(12)16-10-6-4-3-5-8(10)13/h3-6,9,11-12,14H,2,7H2,1H3. The molecule has 1 aliphatic rings. The van der Waals surface area contributed by atoms with Crippen LogP contribution in [0.15, 0.2) is 24.3 Å². The molecule has 0 saturated heterocycles. The minimum absolute atomic E-state index is 0.212. The van der Waals surface area contributed by atoms with Crippen molar-refractivity contribution in [2.75, 3.05) is 6.61 Å². The van der Waals surface area contributed by atoms with Crippen molar-refractivity contribution in [3.8, 4) is 5.75 Å². The molecule has 1 N–H and O–H groups in total. The van der Waals surface area contributed by atoms with Crippen molar-refractivity contribution >= 4 is 0 Å². The zero-order chi connectivity index (χ0) is 11.5. The number of aliphatic hydroxyl groups is 1. The van der Waals surface area contributed by atoms with Gasteiger partial charge in [-0.25, -0.2) is 4.39 Å². The van der Waals surface area contributed by atoms with Gasteiger partial charge in [0.1, 0.15) is 12.2 Å². The van der Waals surface area contributed by atoms with Crippen LogP contribution in [0.1, 0.15) is 13.3 Å². The lowest BCUT2D eigenvalue weighted by Gasteiger charge is -2.40. The number of hydrogen-bond acceptors (Lipinski definition) is 3. The summed E-state index contributed by atoms with van der Waals surface area (Å²) in [5, 5.41) is 9.46. The minimum atomic E-state index is -0.503. The Hall–Kier alpha value is -1.13. The molecule has 3 unspecified atom stereocenters. The van der Waals surface area contributed by atoms with Gasteiger partial charge in [-0.15, -0.1) is 0 Å². The maximum atomic E-state index is 13.3. The van der Waals surface area contributed by atoms with Crippen LogP contribution in [-0.4, -0.2) is 30.0 Å². The van der Waals surface area contributed by atoms with Gasteiger partial charge in [-0.1, -0.05) is 12.1 Å². The van der Waals surface area contributed by atoms with Gasteiger partial charge in [-0.05, 0) is 19.1 Å². The van der Waals surface area contributed by atoms with Gasteiger partial charge >= 0.3 is 0 Å². The van der Waals surface area contributed by atoms with Crippen molar-refractivity contribution in [1.82, 2.24) is 0 Å². The molecule has 3 atom stereocenters. The third-order valence-corrected chi connectivity index (χ3v) is 2.69. The highest BCUT2D eigenvalue weighted by Crippen LogP contribution is 2.30. The summed E-state index contributed by atoms with van der Waals surface area (Å²) in [6.07, 6.45) is -0.618. The summed E-state index contributed by atoms with van der Waals surface area (Å²) in [4.78, 5) is 0. The first kappa shape index (κ1) is 11.4. The normalized spacial score (nSPS) is 28.6. The van der Waals surface area contributed by atoms with E-state index in [0.717, 1.165) is 0 Å². The molecule has 0 radical (unpaired) electrons. The van der Waals surface area contributed by atoms with Crippen LogP contribution in [0, 0.1) is 5.82 Å². The SMILES string of the molecule is CCOC1C(O)CC1Oc1ccccc1F. The van der Waals surface area contributed by atoms with E-state index >= 15 is 0 Å². The van der Waals surface area contributed by atoms with E-state index in [9.17, 15) is 9.50 Å². The first-order chi connectivity index (χ1) is 7.72. The third-order valence-electron chi connectivity index (χ3n) is 2.69. The van der Waals surface area contributed by atoms with E-state index < -0.39 is 6.10 Å². The summed E-state index contributed by atoms with van der Waals surface area (Å²) in [7, 11) is 0. The minimum Gasteiger partial charge on any atom is -0.484 e. The molecular formula is C12H15FO3. The zero-order valence-electron chi connectivity index (χ0n) is 9.10. The Kier molecular flexibility index (Phi) is 3.41. The van der Waals surface area contributed by atoms with Gasteiger partial charge in [0, 0.05) is 13.0 Å². The molecule has 0 aliphatic heterocycles. The smallest absolute Gasteiger partial charge is 0.165 e. The number of benzene rings is 1. The van der Waals surface area contributed by atoms with Crippen LogP contribution in [-0.2, 0) is 4.74 Å². The van der Waals surface area contributed by atoms with Crippen LogP contribution in [0.25, 0.3) is 0 Å². The average Bonchev–Trinajstić information content (AvgIpc) is 2.28. The molecule has 1 aromatic rings. The highest BCUT2D eigenvalue weighted by molar-refractivity contribution is 5.24. The largest absolute Gasteiger partial charge is 0.484 e. The number of ether oxygens (including phenoxy) is 2. The molecule has 2 rings (SSSR count). The van der Waals surface area contributed by atoms with Crippen LogP contribution in [0.4, 0.5) is 4.39 Å². The number of rotatable bonds is 4. The Morgan fingerprint density at radius 3 is 2.81 bits per heavy atom. The first-order valence-electron chi connectivity index (χ1n) is 5.43. The van der Waals surface area contributed by atoms with Gasteiger partial charge in [0.25, 0.3) is 0 Å². The second-order valence-electron chi connectivity index (χ2n) is 3.81. The predicted molar refractivity (Wildman–Crippen MR) is 56.9 cm³/mol. The Balaban J connectivity index is 1.98. The van der Waals surface area contributed by atoms with Crippen LogP contribution in [0.3, 0.4) is 0 Å². The summed E-state index contributed by atoms with van der Waals surface area (Å²) in [6, 6.07) is 6.24. The summed E-state index contributed by atoms with van der Waals surface area (Å²) in [5.41, 5.74) is 0. The zero-order valence-corrected chi connectivity index (χ0v) is 9.10. The van der Waals surface area contributed by atoms with Crippen molar-refractivity contribution in [2.45, 2.75) is 31.7 Å². The summed E-state index contributed by atoms with van der Waals surface area (Å²) < 4.78 is 24.1. The van der Waals surface area contributed by atoms with Crippen molar-refractivity contribution in [2.24, 2.45) is 0 Å². The summed E-state index contributed by atoms with van der Waals surface area (Å²) >= 11 is 0. The van der Waals surface area contributed by atoms with E-state index in [-0.39, 0.29) is 23.8 Å². The van der Waals surface area contributed by atoms with E-state index in [1.807, 2.05) is 6.92 Å². The first-order valence-corrected chi connectivity index (χ1v) is 5.43. The molecule has 0 aromatic heterocycles.